The molecule has 1 N–H and O–H groups in total. The predicted octanol–water partition coefficient (Wildman–Crippen LogP) is 3.81. The second kappa shape index (κ2) is 7.08. The van der Waals surface area contributed by atoms with Crippen molar-refractivity contribution in [2.75, 3.05) is 20.1 Å². The third kappa shape index (κ3) is 3.95. The summed E-state index contributed by atoms with van der Waals surface area (Å²) in [7, 11) is 2.24. The molecular weight excluding hydrogens is 232 g/mol. The van der Waals surface area contributed by atoms with E-state index in [-0.39, 0.29) is 0 Å². The molecule has 0 bridgehead atoms. The van der Waals surface area contributed by atoms with E-state index >= 15 is 0 Å². The van der Waals surface area contributed by atoms with E-state index < -0.39 is 0 Å². The van der Waals surface area contributed by atoms with Gasteiger partial charge in [-0.1, -0.05) is 19.3 Å². The van der Waals surface area contributed by atoms with Gasteiger partial charge in [0.25, 0.3) is 0 Å². The van der Waals surface area contributed by atoms with Crippen LogP contribution in [0.15, 0.2) is 0 Å². The molecule has 0 saturated heterocycles. The summed E-state index contributed by atoms with van der Waals surface area (Å²) in [6, 6.07) is 1.54. The van der Waals surface area contributed by atoms with E-state index in [0.717, 1.165) is 11.5 Å². The molecule has 1 atom stereocenters. The Morgan fingerprint density at radius 2 is 1.84 bits per heavy atom. The first-order valence-corrected chi connectivity index (χ1v) is 8.58. The Kier molecular flexibility index (Phi) is 5.70. The molecule has 2 heteroatoms. The molecule has 2 nitrogen and oxygen atoms in total. The zero-order valence-electron chi connectivity index (χ0n) is 13.4. The maximum atomic E-state index is 3.86. The number of nitrogens with zero attached hydrogens (tertiary/aromatic N) is 1. The SMILES string of the molecule is CC(C)N(C)CCCCNC1CCC12CCCCC2. The summed E-state index contributed by atoms with van der Waals surface area (Å²) < 4.78 is 0. The highest BCUT2D eigenvalue weighted by molar-refractivity contribution is 5.01. The van der Waals surface area contributed by atoms with Crippen LogP contribution in [-0.2, 0) is 0 Å². The molecule has 2 aliphatic rings. The minimum Gasteiger partial charge on any atom is -0.313 e. The van der Waals surface area contributed by atoms with Gasteiger partial charge in [0.05, 0.1) is 0 Å². The molecular formula is C17H34N2. The standard InChI is InChI=1S/C17H34N2/c1-15(2)19(3)14-8-7-13-18-16-9-12-17(16)10-5-4-6-11-17/h15-16,18H,4-14H2,1-3H3. The predicted molar refractivity (Wildman–Crippen MR) is 83.5 cm³/mol. The quantitative estimate of drug-likeness (QED) is 0.705. The summed E-state index contributed by atoms with van der Waals surface area (Å²) in [6.45, 7) is 7.03. The first-order valence-electron chi connectivity index (χ1n) is 8.58. The number of nitrogens with one attached hydrogen (secondary N) is 1. The summed E-state index contributed by atoms with van der Waals surface area (Å²) in [4.78, 5) is 2.45. The van der Waals surface area contributed by atoms with Crippen molar-refractivity contribution in [2.45, 2.75) is 83.7 Å². The fraction of sp³-hybridized carbons (Fsp3) is 1.00. The smallest absolute Gasteiger partial charge is 0.0124 e. The van der Waals surface area contributed by atoms with Gasteiger partial charge in [-0.25, -0.2) is 0 Å². The number of hydrogen-bond donors (Lipinski definition) is 1. The van der Waals surface area contributed by atoms with E-state index in [0.29, 0.717) is 6.04 Å². The zero-order chi connectivity index (χ0) is 13.7. The summed E-state index contributed by atoms with van der Waals surface area (Å²) in [5.41, 5.74) is 0.729. The van der Waals surface area contributed by atoms with Gasteiger partial charge >= 0.3 is 0 Å². The van der Waals surface area contributed by atoms with Crippen molar-refractivity contribution in [3.8, 4) is 0 Å². The van der Waals surface area contributed by atoms with Crippen LogP contribution in [0.4, 0.5) is 0 Å². The van der Waals surface area contributed by atoms with E-state index in [1.165, 1.54) is 70.9 Å². The molecule has 0 amide bonds. The molecule has 2 aliphatic carbocycles. The Bertz CT molecular complexity index is 256. The maximum absolute atomic E-state index is 3.86. The van der Waals surface area contributed by atoms with Gasteiger partial charge in [-0.2, -0.15) is 0 Å². The average Bonchev–Trinajstić information content (AvgIpc) is 2.41. The first kappa shape index (κ1) is 15.3. The molecule has 19 heavy (non-hydrogen) atoms. The Morgan fingerprint density at radius 3 is 2.42 bits per heavy atom. The van der Waals surface area contributed by atoms with E-state index in [9.17, 15) is 0 Å². The second-order valence-electron chi connectivity index (χ2n) is 7.25. The normalized spacial score (nSPS) is 26.1. The average molecular weight is 266 g/mol. The van der Waals surface area contributed by atoms with Crippen molar-refractivity contribution in [1.29, 1.82) is 0 Å². The highest BCUT2D eigenvalue weighted by Crippen LogP contribution is 2.51. The number of hydrogen-bond acceptors (Lipinski definition) is 2. The fourth-order valence-corrected chi connectivity index (χ4v) is 3.89. The van der Waals surface area contributed by atoms with Crippen molar-refractivity contribution in [2.24, 2.45) is 5.41 Å². The van der Waals surface area contributed by atoms with Gasteiger partial charge in [-0.15, -0.1) is 0 Å². The van der Waals surface area contributed by atoms with Gasteiger partial charge in [0, 0.05) is 12.1 Å². The Hall–Kier alpha value is -0.0800. The third-order valence-corrected chi connectivity index (χ3v) is 5.73. The lowest BCUT2D eigenvalue weighted by Gasteiger charge is -2.52. The largest absolute Gasteiger partial charge is 0.313 e. The van der Waals surface area contributed by atoms with Gasteiger partial charge in [0.2, 0.25) is 0 Å². The van der Waals surface area contributed by atoms with Crippen LogP contribution in [0.3, 0.4) is 0 Å². The monoisotopic (exact) mass is 266 g/mol. The van der Waals surface area contributed by atoms with E-state index in [1.54, 1.807) is 0 Å². The summed E-state index contributed by atoms with van der Waals surface area (Å²) >= 11 is 0. The van der Waals surface area contributed by atoms with Crippen LogP contribution < -0.4 is 5.32 Å². The van der Waals surface area contributed by atoms with Crippen LogP contribution in [0, 0.1) is 5.41 Å². The lowest BCUT2D eigenvalue weighted by molar-refractivity contribution is 0.0231. The Morgan fingerprint density at radius 1 is 1.11 bits per heavy atom. The van der Waals surface area contributed by atoms with E-state index in [2.05, 4.69) is 31.1 Å². The topological polar surface area (TPSA) is 15.3 Å². The van der Waals surface area contributed by atoms with Crippen LogP contribution in [-0.4, -0.2) is 37.1 Å². The molecule has 2 fully saturated rings. The number of unbranched alkanes of at least 4 members (excludes halogenated alkanes) is 1. The van der Waals surface area contributed by atoms with Gasteiger partial charge < -0.3 is 10.2 Å². The highest BCUT2D eigenvalue weighted by Gasteiger charge is 2.46. The second-order valence-corrected chi connectivity index (χ2v) is 7.25. The van der Waals surface area contributed by atoms with Gasteiger partial charge in [0.1, 0.15) is 0 Å². The molecule has 0 aromatic rings. The molecule has 1 spiro atoms. The van der Waals surface area contributed by atoms with Crippen molar-refractivity contribution < 1.29 is 0 Å². The first-order chi connectivity index (χ1) is 9.14. The van der Waals surface area contributed by atoms with Gasteiger partial charge in [0.15, 0.2) is 0 Å². The molecule has 1 unspecified atom stereocenters. The molecule has 0 aromatic carbocycles. The Labute approximate surface area is 120 Å². The zero-order valence-corrected chi connectivity index (χ0v) is 13.4. The third-order valence-electron chi connectivity index (χ3n) is 5.73. The number of rotatable bonds is 7. The van der Waals surface area contributed by atoms with E-state index in [4.69, 9.17) is 0 Å². The lowest BCUT2D eigenvalue weighted by atomic mass is 9.57. The summed E-state index contributed by atoms with van der Waals surface area (Å²) in [5, 5.41) is 3.86. The maximum Gasteiger partial charge on any atom is 0.0124 e. The van der Waals surface area contributed by atoms with Crippen molar-refractivity contribution >= 4 is 0 Å². The van der Waals surface area contributed by atoms with E-state index in [1.807, 2.05) is 0 Å². The molecule has 2 rings (SSSR count). The fourth-order valence-electron chi connectivity index (χ4n) is 3.89. The minimum atomic E-state index is 0.685. The molecule has 0 aromatic heterocycles. The summed E-state index contributed by atoms with van der Waals surface area (Å²) in [5.74, 6) is 0. The molecule has 112 valence electrons. The van der Waals surface area contributed by atoms with Crippen molar-refractivity contribution in [1.82, 2.24) is 10.2 Å². The van der Waals surface area contributed by atoms with Crippen LogP contribution in [0.5, 0.6) is 0 Å². The van der Waals surface area contributed by atoms with Crippen LogP contribution in [0.1, 0.15) is 71.6 Å². The van der Waals surface area contributed by atoms with Crippen LogP contribution in [0.25, 0.3) is 0 Å². The van der Waals surface area contributed by atoms with Gasteiger partial charge in [-0.05, 0) is 77.9 Å². The molecule has 0 heterocycles. The molecule has 0 aliphatic heterocycles. The van der Waals surface area contributed by atoms with Gasteiger partial charge in [-0.3, -0.25) is 0 Å². The van der Waals surface area contributed by atoms with Crippen LogP contribution >= 0.6 is 0 Å². The van der Waals surface area contributed by atoms with Crippen LogP contribution in [0.2, 0.25) is 0 Å². The molecule has 0 radical (unpaired) electrons. The lowest BCUT2D eigenvalue weighted by Crippen LogP contribution is -2.54. The van der Waals surface area contributed by atoms with Crippen molar-refractivity contribution in [3.05, 3.63) is 0 Å². The summed E-state index contributed by atoms with van der Waals surface area (Å²) in [6.07, 6.45) is 13.1. The van der Waals surface area contributed by atoms with Crippen molar-refractivity contribution in [3.63, 3.8) is 0 Å². The molecule has 2 saturated carbocycles. The minimum absolute atomic E-state index is 0.685. The highest BCUT2D eigenvalue weighted by atomic mass is 15.1. The Balaban J connectivity index is 1.56.